The third-order valence-electron chi connectivity index (χ3n) is 6.52. The Labute approximate surface area is 193 Å². The third-order valence-corrected chi connectivity index (χ3v) is 6.52. The highest BCUT2D eigenvalue weighted by Crippen LogP contribution is 2.34. The summed E-state index contributed by atoms with van der Waals surface area (Å²) in [5.41, 5.74) is 5.39. The van der Waals surface area contributed by atoms with Crippen molar-refractivity contribution in [2.24, 2.45) is 7.05 Å². The van der Waals surface area contributed by atoms with Crippen molar-refractivity contribution in [2.45, 2.75) is 18.9 Å². The van der Waals surface area contributed by atoms with Gasteiger partial charge in [-0.1, -0.05) is 24.3 Å². The summed E-state index contributed by atoms with van der Waals surface area (Å²) in [7, 11) is 6.22. The first-order valence-corrected chi connectivity index (χ1v) is 11.3. The van der Waals surface area contributed by atoms with E-state index in [4.69, 9.17) is 5.10 Å². The lowest BCUT2D eigenvalue weighted by Gasteiger charge is -2.35. The van der Waals surface area contributed by atoms with Crippen molar-refractivity contribution < 1.29 is 0 Å². The number of nitrogens with zero attached hydrogens (tertiary/aromatic N) is 7. The molecular weight excluding hydrogens is 410 g/mol. The predicted molar refractivity (Wildman–Crippen MR) is 131 cm³/mol. The number of hydrogen-bond donors (Lipinski definition) is 0. The van der Waals surface area contributed by atoms with Gasteiger partial charge in [0, 0.05) is 48.9 Å². The Balaban J connectivity index is 1.57. The molecule has 0 atom stereocenters. The Hall–Kier alpha value is -3.76. The van der Waals surface area contributed by atoms with Gasteiger partial charge in [-0.15, -0.1) is 10.2 Å². The lowest BCUT2D eigenvalue weighted by molar-refractivity contribution is 0.249. The summed E-state index contributed by atoms with van der Waals surface area (Å²) in [5, 5.41) is 24.2. The number of rotatable bonds is 4. The molecule has 0 saturated carbocycles. The van der Waals surface area contributed by atoms with E-state index in [-0.39, 0.29) is 0 Å². The summed E-state index contributed by atoms with van der Waals surface area (Å²) >= 11 is 0. The van der Waals surface area contributed by atoms with Crippen molar-refractivity contribution in [3.05, 3.63) is 60.3 Å². The molecule has 4 aromatic rings. The van der Waals surface area contributed by atoms with Gasteiger partial charge in [0.1, 0.15) is 5.69 Å². The molecular formula is C26H27N7. The summed E-state index contributed by atoms with van der Waals surface area (Å²) in [6, 6.07) is 18.8. The Morgan fingerprint density at radius 1 is 0.970 bits per heavy atom. The van der Waals surface area contributed by atoms with E-state index < -0.39 is 0 Å². The number of aromatic nitrogens is 4. The van der Waals surface area contributed by atoms with E-state index >= 15 is 0 Å². The second-order valence-corrected chi connectivity index (χ2v) is 8.91. The molecule has 0 amide bonds. The van der Waals surface area contributed by atoms with Gasteiger partial charge in [0.15, 0.2) is 5.82 Å². The van der Waals surface area contributed by atoms with Crippen LogP contribution in [-0.4, -0.2) is 58.1 Å². The van der Waals surface area contributed by atoms with Gasteiger partial charge in [-0.3, -0.25) is 4.68 Å². The van der Waals surface area contributed by atoms with Gasteiger partial charge in [0.05, 0.1) is 17.1 Å². The molecule has 0 N–H and O–H groups in total. The fourth-order valence-electron chi connectivity index (χ4n) is 4.59. The molecule has 0 radical (unpaired) electrons. The van der Waals surface area contributed by atoms with E-state index in [9.17, 15) is 5.26 Å². The Morgan fingerprint density at radius 3 is 2.39 bits per heavy atom. The van der Waals surface area contributed by atoms with E-state index in [1.165, 1.54) is 0 Å². The van der Waals surface area contributed by atoms with Gasteiger partial charge < -0.3 is 9.80 Å². The molecule has 166 valence electrons. The summed E-state index contributed by atoms with van der Waals surface area (Å²) in [5.74, 6) is 0.897. The molecule has 7 nitrogen and oxygen atoms in total. The average Bonchev–Trinajstić information content (AvgIpc) is 3.23. The maximum absolute atomic E-state index is 9.22. The maximum atomic E-state index is 9.22. The molecule has 0 unspecified atom stereocenters. The largest absolute Gasteiger partial charge is 0.355 e. The van der Waals surface area contributed by atoms with E-state index in [1.54, 1.807) is 0 Å². The van der Waals surface area contributed by atoms with Gasteiger partial charge >= 0.3 is 0 Å². The van der Waals surface area contributed by atoms with Crippen molar-refractivity contribution >= 4 is 16.7 Å². The fraction of sp³-hybridized carbons (Fsp3) is 0.308. The van der Waals surface area contributed by atoms with Gasteiger partial charge in [-0.25, -0.2) is 0 Å². The van der Waals surface area contributed by atoms with Crippen LogP contribution in [0.5, 0.6) is 0 Å². The highest BCUT2D eigenvalue weighted by molar-refractivity contribution is 5.88. The molecule has 0 spiro atoms. The van der Waals surface area contributed by atoms with Crippen molar-refractivity contribution in [1.82, 2.24) is 24.9 Å². The van der Waals surface area contributed by atoms with Crippen LogP contribution in [0.4, 0.5) is 5.82 Å². The highest BCUT2D eigenvalue weighted by Gasteiger charge is 2.23. The molecule has 1 fully saturated rings. The van der Waals surface area contributed by atoms with Crippen molar-refractivity contribution in [3.63, 3.8) is 0 Å². The monoisotopic (exact) mass is 437 g/mol. The van der Waals surface area contributed by atoms with Crippen LogP contribution in [0.3, 0.4) is 0 Å². The summed E-state index contributed by atoms with van der Waals surface area (Å²) in [6.07, 6.45) is 4.23. The standard InChI is InChI=1S/C26H27N7/c1-31(2)22-10-12-33(13-11-22)25-15-23(19-6-4-18(16-27)5-7-19)26(29-28-25)20-8-9-21-17-32(3)30-24(21)14-20/h4-9,14-15,17,22H,10-13H2,1-3H3. The number of anilines is 1. The van der Waals surface area contributed by atoms with Gasteiger partial charge in [-0.2, -0.15) is 10.4 Å². The zero-order valence-corrected chi connectivity index (χ0v) is 19.2. The number of nitriles is 1. The number of fused-ring (bicyclic) bond motifs is 1. The average molecular weight is 438 g/mol. The fourth-order valence-corrected chi connectivity index (χ4v) is 4.59. The molecule has 1 saturated heterocycles. The van der Waals surface area contributed by atoms with Crippen LogP contribution >= 0.6 is 0 Å². The molecule has 3 heterocycles. The van der Waals surface area contributed by atoms with Crippen LogP contribution in [0, 0.1) is 11.3 Å². The molecule has 1 aliphatic rings. The topological polar surface area (TPSA) is 73.9 Å². The van der Waals surface area contributed by atoms with Crippen LogP contribution in [0.2, 0.25) is 0 Å². The zero-order valence-electron chi connectivity index (χ0n) is 19.2. The molecule has 33 heavy (non-hydrogen) atoms. The molecule has 7 heteroatoms. The van der Waals surface area contributed by atoms with Gasteiger partial charge in [0.2, 0.25) is 0 Å². The minimum atomic E-state index is 0.608. The van der Waals surface area contributed by atoms with Gasteiger partial charge in [0.25, 0.3) is 0 Å². The SMILES string of the molecule is CN(C)C1CCN(c2cc(-c3ccc(C#N)cc3)c(-c3ccc4cn(C)nc4c3)nn2)CC1. The molecule has 0 aliphatic carbocycles. The first kappa shape index (κ1) is 21.1. The minimum Gasteiger partial charge on any atom is -0.355 e. The van der Waals surface area contributed by atoms with Crippen LogP contribution in [-0.2, 0) is 7.05 Å². The Kier molecular flexibility index (Phi) is 5.53. The maximum Gasteiger partial charge on any atom is 0.151 e. The van der Waals surface area contributed by atoms with Gasteiger partial charge in [-0.05, 0) is 56.8 Å². The normalized spacial score (nSPS) is 14.7. The van der Waals surface area contributed by atoms with E-state index in [1.807, 2.05) is 42.2 Å². The first-order chi connectivity index (χ1) is 16.0. The van der Waals surface area contributed by atoms with E-state index in [2.05, 4.69) is 64.4 Å². The first-order valence-electron chi connectivity index (χ1n) is 11.3. The lowest BCUT2D eigenvalue weighted by atomic mass is 9.98. The van der Waals surface area contributed by atoms with Crippen molar-refractivity contribution in [1.29, 1.82) is 5.26 Å². The van der Waals surface area contributed by atoms with Crippen LogP contribution in [0.1, 0.15) is 18.4 Å². The zero-order chi connectivity index (χ0) is 22.9. The molecule has 2 aromatic heterocycles. The number of hydrogen-bond acceptors (Lipinski definition) is 6. The smallest absolute Gasteiger partial charge is 0.151 e. The molecule has 0 bridgehead atoms. The third kappa shape index (κ3) is 4.18. The van der Waals surface area contributed by atoms with Crippen LogP contribution in [0.25, 0.3) is 33.3 Å². The number of aryl methyl sites for hydroxylation is 1. The molecule has 2 aromatic carbocycles. The van der Waals surface area contributed by atoms with Crippen molar-refractivity contribution in [3.8, 4) is 28.5 Å². The van der Waals surface area contributed by atoms with E-state index in [0.29, 0.717) is 11.6 Å². The number of benzene rings is 2. The predicted octanol–water partition coefficient (Wildman–Crippen LogP) is 4.10. The van der Waals surface area contributed by atoms with Crippen molar-refractivity contribution in [2.75, 3.05) is 32.1 Å². The number of piperidine rings is 1. The van der Waals surface area contributed by atoms with Crippen LogP contribution < -0.4 is 4.90 Å². The Morgan fingerprint density at radius 2 is 1.70 bits per heavy atom. The second-order valence-electron chi connectivity index (χ2n) is 8.91. The van der Waals surface area contributed by atoms with Crippen LogP contribution in [0.15, 0.2) is 54.7 Å². The molecule has 1 aliphatic heterocycles. The second kappa shape index (κ2) is 8.64. The summed E-state index contributed by atoms with van der Waals surface area (Å²) in [4.78, 5) is 4.63. The molecule has 5 rings (SSSR count). The highest BCUT2D eigenvalue weighted by atomic mass is 15.3. The van der Waals surface area contributed by atoms with E-state index in [0.717, 1.165) is 65.0 Å². The minimum absolute atomic E-state index is 0.608. The summed E-state index contributed by atoms with van der Waals surface area (Å²) < 4.78 is 1.82. The quantitative estimate of drug-likeness (QED) is 0.479. The lowest BCUT2D eigenvalue weighted by Crippen LogP contribution is -2.42. The summed E-state index contributed by atoms with van der Waals surface area (Å²) in [6.45, 7) is 1.92. The Bertz CT molecular complexity index is 1320.